The summed E-state index contributed by atoms with van der Waals surface area (Å²) >= 11 is 7.05. The first-order valence-corrected chi connectivity index (χ1v) is 7.05. The van der Waals surface area contributed by atoms with Gasteiger partial charge in [0.2, 0.25) is 0 Å². The van der Waals surface area contributed by atoms with E-state index in [9.17, 15) is 0 Å². The third kappa shape index (κ3) is 4.95. The van der Waals surface area contributed by atoms with Crippen LogP contribution in [0.15, 0.2) is 27.1 Å². The van der Waals surface area contributed by atoms with Crippen LogP contribution in [0.2, 0.25) is 0 Å². The maximum absolute atomic E-state index is 3.59. The number of hydrogen-bond acceptors (Lipinski definition) is 2. The van der Waals surface area contributed by atoms with E-state index >= 15 is 0 Å². The topological polar surface area (TPSA) is 15.3 Å². The molecule has 0 bridgehead atoms. The van der Waals surface area contributed by atoms with E-state index in [-0.39, 0.29) is 0 Å². The zero-order valence-corrected chi connectivity index (χ0v) is 12.9. The van der Waals surface area contributed by atoms with Gasteiger partial charge >= 0.3 is 0 Å². The van der Waals surface area contributed by atoms with Gasteiger partial charge in [0, 0.05) is 28.6 Å². The SMILES string of the molecule is CCNCCN(C)Cc1ccc(Br)cc1Br. The van der Waals surface area contributed by atoms with Crippen LogP contribution in [0.25, 0.3) is 0 Å². The molecular weight excluding hydrogens is 332 g/mol. The quantitative estimate of drug-likeness (QED) is 0.793. The Morgan fingerprint density at radius 3 is 2.69 bits per heavy atom. The highest BCUT2D eigenvalue weighted by Crippen LogP contribution is 2.22. The summed E-state index contributed by atoms with van der Waals surface area (Å²) in [6, 6.07) is 6.32. The van der Waals surface area contributed by atoms with Crippen LogP contribution < -0.4 is 5.32 Å². The van der Waals surface area contributed by atoms with Gasteiger partial charge in [-0.25, -0.2) is 0 Å². The lowest BCUT2D eigenvalue weighted by atomic mass is 10.2. The molecule has 0 saturated carbocycles. The molecule has 0 radical (unpaired) electrons. The molecule has 1 aromatic rings. The van der Waals surface area contributed by atoms with Crippen LogP contribution in [0.3, 0.4) is 0 Å². The monoisotopic (exact) mass is 348 g/mol. The third-order valence-electron chi connectivity index (χ3n) is 2.38. The molecule has 0 aliphatic rings. The van der Waals surface area contributed by atoms with E-state index in [1.807, 2.05) is 0 Å². The molecule has 0 amide bonds. The number of hydrogen-bond donors (Lipinski definition) is 1. The molecule has 1 N–H and O–H groups in total. The molecule has 90 valence electrons. The highest BCUT2D eigenvalue weighted by molar-refractivity contribution is 9.11. The van der Waals surface area contributed by atoms with Crippen LogP contribution in [0.4, 0.5) is 0 Å². The highest BCUT2D eigenvalue weighted by atomic mass is 79.9. The summed E-state index contributed by atoms with van der Waals surface area (Å²) in [5.41, 5.74) is 1.32. The van der Waals surface area contributed by atoms with E-state index < -0.39 is 0 Å². The van der Waals surface area contributed by atoms with Crippen LogP contribution in [0.1, 0.15) is 12.5 Å². The fourth-order valence-electron chi connectivity index (χ4n) is 1.47. The summed E-state index contributed by atoms with van der Waals surface area (Å²) in [6.45, 7) is 6.25. The molecular formula is C12H18Br2N2. The normalized spacial score (nSPS) is 11.1. The largest absolute Gasteiger partial charge is 0.316 e. The van der Waals surface area contributed by atoms with E-state index in [0.29, 0.717) is 0 Å². The summed E-state index contributed by atoms with van der Waals surface area (Å²) in [4.78, 5) is 2.32. The molecule has 0 aromatic heterocycles. The Kier molecular flexibility index (Phi) is 6.58. The van der Waals surface area contributed by atoms with Gasteiger partial charge in [-0.15, -0.1) is 0 Å². The fourth-order valence-corrected chi connectivity index (χ4v) is 2.64. The third-order valence-corrected chi connectivity index (χ3v) is 3.61. The van der Waals surface area contributed by atoms with Crippen molar-refractivity contribution in [1.82, 2.24) is 10.2 Å². The van der Waals surface area contributed by atoms with E-state index in [1.54, 1.807) is 0 Å². The molecule has 0 aliphatic carbocycles. The second-order valence-corrected chi connectivity index (χ2v) is 5.60. The van der Waals surface area contributed by atoms with Crippen molar-refractivity contribution in [2.75, 3.05) is 26.7 Å². The first-order chi connectivity index (χ1) is 7.63. The number of nitrogens with one attached hydrogen (secondary N) is 1. The fraction of sp³-hybridized carbons (Fsp3) is 0.500. The Morgan fingerprint density at radius 1 is 1.31 bits per heavy atom. The summed E-state index contributed by atoms with van der Waals surface area (Å²) in [6.07, 6.45) is 0. The minimum Gasteiger partial charge on any atom is -0.316 e. The minimum absolute atomic E-state index is 0.971. The van der Waals surface area contributed by atoms with Crippen LogP contribution in [-0.2, 0) is 6.54 Å². The minimum atomic E-state index is 0.971. The van der Waals surface area contributed by atoms with Gasteiger partial charge in [0.15, 0.2) is 0 Å². The molecule has 1 rings (SSSR count). The lowest BCUT2D eigenvalue weighted by Crippen LogP contribution is -2.28. The zero-order chi connectivity index (χ0) is 12.0. The van der Waals surface area contributed by atoms with Gasteiger partial charge in [0.25, 0.3) is 0 Å². The first kappa shape index (κ1) is 14.2. The van der Waals surface area contributed by atoms with Gasteiger partial charge in [0.05, 0.1) is 0 Å². The van der Waals surface area contributed by atoms with Crippen molar-refractivity contribution in [1.29, 1.82) is 0 Å². The van der Waals surface area contributed by atoms with Crippen LogP contribution in [0, 0.1) is 0 Å². The van der Waals surface area contributed by atoms with Crippen LogP contribution in [0.5, 0.6) is 0 Å². The molecule has 0 atom stereocenters. The number of nitrogens with zero attached hydrogens (tertiary/aromatic N) is 1. The number of likely N-dealkylation sites (N-methyl/N-ethyl adjacent to an activating group) is 2. The number of halogens is 2. The van der Waals surface area contributed by atoms with Gasteiger partial charge in [-0.1, -0.05) is 44.8 Å². The Labute approximate surface area is 115 Å². The van der Waals surface area contributed by atoms with E-state index in [4.69, 9.17) is 0 Å². The number of rotatable bonds is 6. The van der Waals surface area contributed by atoms with Gasteiger partial charge < -0.3 is 10.2 Å². The van der Waals surface area contributed by atoms with Crippen LogP contribution in [-0.4, -0.2) is 31.6 Å². The highest BCUT2D eigenvalue weighted by Gasteiger charge is 2.04. The average molecular weight is 350 g/mol. The summed E-state index contributed by atoms with van der Waals surface area (Å²) < 4.78 is 2.27. The second-order valence-electron chi connectivity index (χ2n) is 3.83. The molecule has 16 heavy (non-hydrogen) atoms. The van der Waals surface area contributed by atoms with E-state index in [0.717, 1.165) is 35.1 Å². The van der Waals surface area contributed by atoms with Crippen LogP contribution >= 0.6 is 31.9 Å². The predicted molar refractivity (Wildman–Crippen MR) is 76.7 cm³/mol. The Bertz CT molecular complexity index is 329. The van der Waals surface area contributed by atoms with Crippen molar-refractivity contribution in [2.45, 2.75) is 13.5 Å². The second kappa shape index (κ2) is 7.43. The molecule has 1 aromatic carbocycles. The molecule has 0 aliphatic heterocycles. The smallest absolute Gasteiger partial charge is 0.0242 e. The molecule has 0 unspecified atom stereocenters. The van der Waals surface area contributed by atoms with Crippen molar-refractivity contribution in [3.63, 3.8) is 0 Å². The first-order valence-electron chi connectivity index (χ1n) is 5.46. The Balaban J connectivity index is 2.46. The zero-order valence-electron chi connectivity index (χ0n) is 9.76. The lowest BCUT2D eigenvalue weighted by molar-refractivity contribution is 0.325. The lowest BCUT2D eigenvalue weighted by Gasteiger charge is -2.17. The Morgan fingerprint density at radius 2 is 2.06 bits per heavy atom. The molecule has 0 heterocycles. The van der Waals surface area contributed by atoms with Gasteiger partial charge in [-0.3, -0.25) is 0 Å². The van der Waals surface area contributed by atoms with E-state index in [1.165, 1.54) is 5.56 Å². The van der Waals surface area contributed by atoms with Gasteiger partial charge in [-0.2, -0.15) is 0 Å². The van der Waals surface area contributed by atoms with Crippen molar-refractivity contribution in [3.8, 4) is 0 Å². The summed E-state index contributed by atoms with van der Waals surface area (Å²) in [5, 5.41) is 3.33. The number of benzene rings is 1. The molecule has 0 spiro atoms. The molecule has 0 fully saturated rings. The van der Waals surface area contributed by atoms with Gasteiger partial charge in [-0.05, 0) is 31.3 Å². The maximum atomic E-state index is 3.59. The standard InChI is InChI=1S/C12H18Br2N2/c1-3-15-6-7-16(2)9-10-4-5-11(13)8-12(10)14/h4-5,8,15H,3,6-7,9H2,1-2H3. The molecule has 2 nitrogen and oxygen atoms in total. The van der Waals surface area contributed by atoms with Crippen molar-refractivity contribution < 1.29 is 0 Å². The summed E-state index contributed by atoms with van der Waals surface area (Å²) in [7, 11) is 2.14. The van der Waals surface area contributed by atoms with Crippen molar-refractivity contribution in [3.05, 3.63) is 32.7 Å². The van der Waals surface area contributed by atoms with E-state index in [2.05, 4.69) is 74.2 Å². The molecule has 0 saturated heterocycles. The Hall–Kier alpha value is 0.1000. The maximum Gasteiger partial charge on any atom is 0.0242 e. The van der Waals surface area contributed by atoms with Crippen molar-refractivity contribution in [2.24, 2.45) is 0 Å². The molecule has 4 heteroatoms. The van der Waals surface area contributed by atoms with Gasteiger partial charge in [0.1, 0.15) is 0 Å². The summed E-state index contributed by atoms with van der Waals surface area (Å²) in [5.74, 6) is 0. The predicted octanol–water partition coefficient (Wildman–Crippen LogP) is 3.25. The van der Waals surface area contributed by atoms with Crippen molar-refractivity contribution >= 4 is 31.9 Å². The average Bonchev–Trinajstić information content (AvgIpc) is 2.23.